The third-order valence-corrected chi connectivity index (χ3v) is 4.73. The van der Waals surface area contributed by atoms with Gasteiger partial charge in [-0.1, -0.05) is 36.4 Å². The van der Waals surface area contributed by atoms with Gasteiger partial charge in [-0.05, 0) is 17.0 Å². The van der Waals surface area contributed by atoms with Crippen molar-refractivity contribution < 1.29 is 4.79 Å². The van der Waals surface area contributed by atoms with Crippen LogP contribution in [0.2, 0.25) is 0 Å². The summed E-state index contributed by atoms with van der Waals surface area (Å²) in [5.74, 6) is 0.435. The predicted molar refractivity (Wildman–Crippen MR) is 89.0 cm³/mol. The first-order valence-electron chi connectivity index (χ1n) is 6.84. The molecular weight excluding hydrogens is 304 g/mol. The van der Waals surface area contributed by atoms with Gasteiger partial charge in [0.2, 0.25) is 5.91 Å². The summed E-state index contributed by atoms with van der Waals surface area (Å²) < 4.78 is 0. The zero-order chi connectivity index (χ0) is 13.9. The van der Waals surface area contributed by atoms with Crippen molar-refractivity contribution in [1.82, 2.24) is 4.90 Å². The number of hydrogen-bond acceptors (Lipinski definition) is 3. The molecule has 1 fully saturated rings. The maximum atomic E-state index is 12.3. The molecule has 112 valence electrons. The molecule has 21 heavy (non-hydrogen) atoms. The van der Waals surface area contributed by atoms with Crippen molar-refractivity contribution in [3.05, 3.63) is 58.3 Å². The normalized spacial score (nSPS) is 21.1. The van der Waals surface area contributed by atoms with E-state index in [0.717, 1.165) is 11.4 Å². The van der Waals surface area contributed by atoms with Crippen molar-refractivity contribution in [2.45, 2.75) is 18.4 Å². The summed E-state index contributed by atoms with van der Waals surface area (Å²) in [6.07, 6.45) is 0.492. The van der Waals surface area contributed by atoms with Crippen LogP contribution in [0.15, 0.2) is 47.8 Å². The molecule has 0 bridgehead atoms. The van der Waals surface area contributed by atoms with Gasteiger partial charge in [-0.25, -0.2) is 0 Å². The molecule has 2 aromatic rings. The second kappa shape index (κ2) is 7.07. The van der Waals surface area contributed by atoms with Crippen LogP contribution in [0.1, 0.15) is 16.4 Å². The average Bonchev–Trinajstić information content (AvgIpc) is 3.09. The standard InChI is InChI=1S/C16H18N2OS.ClH/c17-15-11-18(16(19)9-13-7-4-8-20-13)10-14(15)12-5-2-1-3-6-12;/h1-8,14-15H,9-11,17H2;1H/t14-,15+;/m0./s1. The topological polar surface area (TPSA) is 46.3 Å². The molecule has 0 saturated carbocycles. The molecule has 2 N–H and O–H groups in total. The zero-order valence-electron chi connectivity index (χ0n) is 11.6. The van der Waals surface area contributed by atoms with Gasteiger partial charge in [-0.15, -0.1) is 23.7 Å². The van der Waals surface area contributed by atoms with E-state index in [4.69, 9.17) is 5.73 Å². The maximum Gasteiger partial charge on any atom is 0.227 e. The molecule has 5 heteroatoms. The molecule has 0 unspecified atom stereocenters. The molecule has 2 heterocycles. The molecule has 0 radical (unpaired) electrons. The lowest BCUT2D eigenvalue weighted by Gasteiger charge is -2.16. The summed E-state index contributed by atoms with van der Waals surface area (Å²) in [6, 6.07) is 14.3. The second-order valence-electron chi connectivity index (χ2n) is 5.24. The van der Waals surface area contributed by atoms with Gasteiger partial charge < -0.3 is 10.6 Å². The minimum absolute atomic E-state index is 0. The summed E-state index contributed by atoms with van der Waals surface area (Å²) in [5, 5.41) is 2.01. The summed E-state index contributed by atoms with van der Waals surface area (Å²) in [5.41, 5.74) is 7.45. The summed E-state index contributed by atoms with van der Waals surface area (Å²) in [7, 11) is 0. The van der Waals surface area contributed by atoms with Gasteiger partial charge in [0.15, 0.2) is 0 Å². The monoisotopic (exact) mass is 322 g/mol. The van der Waals surface area contributed by atoms with Gasteiger partial charge in [0.05, 0.1) is 6.42 Å². The van der Waals surface area contributed by atoms with Crippen molar-refractivity contribution in [2.75, 3.05) is 13.1 Å². The van der Waals surface area contributed by atoms with Crippen molar-refractivity contribution in [3.8, 4) is 0 Å². The van der Waals surface area contributed by atoms with E-state index in [-0.39, 0.29) is 30.3 Å². The quantitative estimate of drug-likeness (QED) is 0.944. The number of halogens is 1. The fourth-order valence-electron chi connectivity index (χ4n) is 2.76. The fraction of sp³-hybridized carbons (Fsp3) is 0.312. The SMILES string of the molecule is Cl.N[C@@H]1CN(C(=O)Cc2cccs2)C[C@H]1c1ccccc1. The summed E-state index contributed by atoms with van der Waals surface area (Å²) >= 11 is 1.63. The minimum Gasteiger partial charge on any atom is -0.340 e. The van der Waals surface area contributed by atoms with Crippen molar-refractivity contribution in [3.63, 3.8) is 0 Å². The Kier molecular flexibility index (Phi) is 5.39. The Balaban J connectivity index is 0.00000161. The molecule has 1 aliphatic heterocycles. The van der Waals surface area contributed by atoms with Gasteiger partial charge in [0.1, 0.15) is 0 Å². The molecule has 0 spiro atoms. The maximum absolute atomic E-state index is 12.3. The first kappa shape index (κ1) is 16.0. The van der Waals surface area contributed by atoms with Crippen LogP contribution in [-0.2, 0) is 11.2 Å². The van der Waals surface area contributed by atoms with E-state index in [1.165, 1.54) is 5.56 Å². The highest BCUT2D eigenvalue weighted by Crippen LogP contribution is 2.27. The number of carbonyl (C=O) groups excluding carboxylic acids is 1. The number of nitrogens with zero attached hydrogens (tertiary/aromatic N) is 1. The number of amides is 1. The highest BCUT2D eigenvalue weighted by molar-refractivity contribution is 7.10. The largest absolute Gasteiger partial charge is 0.340 e. The van der Waals surface area contributed by atoms with Gasteiger partial charge in [-0.3, -0.25) is 4.79 Å². The van der Waals surface area contributed by atoms with Crippen molar-refractivity contribution in [1.29, 1.82) is 0 Å². The van der Waals surface area contributed by atoms with Gasteiger partial charge in [0, 0.05) is 29.9 Å². The Labute approximate surface area is 135 Å². The van der Waals surface area contributed by atoms with Crippen molar-refractivity contribution >= 4 is 29.7 Å². The number of thiophene rings is 1. The van der Waals surface area contributed by atoms with Crippen LogP contribution in [-0.4, -0.2) is 29.9 Å². The molecular formula is C16H19ClN2OS. The Morgan fingerprint density at radius 1 is 1.19 bits per heavy atom. The molecule has 1 aromatic carbocycles. The third kappa shape index (κ3) is 3.64. The van der Waals surface area contributed by atoms with Gasteiger partial charge >= 0.3 is 0 Å². The molecule has 2 atom stereocenters. The molecule has 1 amide bonds. The fourth-order valence-corrected chi connectivity index (χ4v) is 3.46. The zero-order valence-corrected chi connectivity index (χ0v) is 13.3. The Hall–Kier alpha value is -1.36. The van der Waals surface area contributed by atoms with E-state index in [2.05, 4.69) is 12.1 Å². The molecule has 0 aliphatic carbocycles. The Bertz CT molecular complexity index is 573. The van der Waals surface area contributed by atoms with E-state index in [1.54, 1.807) is 11.3 Å². The van der Waals surface area contributed by atoms with E-state index >= 15 is 0 Å². The summed E-state index contributed by atoms with van der Waals surface area (Å²) in [4.78, 5) is 15.3. The van der Waals surface area contributed by atoms with Crippen LogP contribution in [0, 0.1) is 0 Å². The predicted octanol–water partition coefficient (Wildman–Crippen LogP) is 2.67. The molecule has 1 aromatic heterocycles. The molecule has 3 nitrogen and oxygen atoms in total. The smallest absolute Gasteiger partial charge is 0.227 e. The number of nitrogens with two attached hydrogens (primary N) is 1. The number of benzene rings is 1. The third-order valence-electron chi connectivity index (χ3n) is 3.85. The lowest BCUT2D eigenvalue weighted by atomic mass is 9.95. The van der Waals surface area contributed by atoms with Gasteiger partial charge in [-0.2, -0.15) is 0 Å². The molecule has 3 rings (SSSR count). The average molecular weight is 323 g/mol. The minimum atomic E-state index is 0. The first-order chi connectivity index (χ1) is 9.74. The van der Waals surface area contributed by atoms with Gasteiger partial charge in [0.25, 0.3) is 0 Å². The highest BCUT2D eigenvalue weighted by Gasteiger charge is 2.33. The van der Waals surface area contributed by atoms with Crippen LogP contribution in [0.5, 0.6) is 0 Å². The van der Waals surface area contributed by atoms with E-state index < -0.39 is 0 Å². The Morgan fingerprint density at radius 2 is 1.95 bits per heavy atom. The van der Waals surface area contributed by atoms with Crippen LogP contribution in [0.3, 0.4) is 0 Å². The Morgan fingerprint density at radius 3 is 2.62 bits per heavy atom. The summed E-state index contributed by atoms with van der Waals surface area (Å²) in [6.45, 7) is 1.39. The molecule has 1 aliphatic rings. The second-order valence-corrected chi connectivity index (χ2v) is 6.27. The van der Waals surface area contributed by atoms with Crippen LogP contribution in [0.25, 0.3) is 0 Å². The highest BCUT2D eigenvalue weighted by atomic mass is 35.5. The van der Waals surface area contributed by atoms with E-state index in [0.29, 0.717) is 13.0 Å². The van der Waals surface area contributed by atoms with Crippen LogP contribution < -0.4 is 5.73 Å². The number of hydrogen-bond donors (Lipinski definition) is 1. The lowest BCUT2D eigenvalue weighted by Crippen LogP contribution is -2.32. The first-order valence-corrected chi connectivity index (χ1v) is 7.72. The lowest BCUT2D eigenvalue weighted by molar-refractivity contribution is -0.129. The van der Waals surface area contributed by atoms with Crippen LogP contribution >= 0.6 is 23.7 Å². The number of carbonyl (C=O) groups is 1. The van der Waals surface area contributed by atoms with Crippen molar-refractivity contribution in [2.24, 2.45) is 5.73 Å². The number of likely N-dealkylation sites (tertiary alicyclic amines) is 1. The number of rotatable bonds is 3. The van der Waals surface area contributed by atoms with Crippen LogP contribution in [0.4, 0.5) is 0 Å². The van der Waals surface area contributed by atoms with E-state index in [9.17, 15) is 4.79 Å². The molecule has 1 saturated heterocycles. The van der Waals surface area contributed by atoms with E-state index in [1.807, 2.05) is 40.6 Å².